The number of carboxylic acid groups (broad SMARTS) is 1. The number of carbonyl (C=O) groups excluding carboxylic acids is 1. The second kappa shape index (κ2) is 7.20. The van der Waals surface area contributed by atoms with Gasteiger partial charge in [-0.05, 0) is 18.2 Å². The predicted molar refractivity (Wildman–Crippen MR) is 69.5 cm³/mol. The number of hydrogen-bond acceptors (Lipinski definition) is 3. The molecule has 0 fully saturated rings. The number of methoxy groups -OCH3 is 1. The number of nitrogens with zero attached hydrogens (tertiary/aromatic N) is 1. The highest BCUT2D eigenvalue weighted by Gasteiger charge is 2.21. The molecule has 0 aliphatic rings. The lowest BCUT2D eigenvalue weighted by Gasteiger charge is -2.20. The van der Waals surface area contributed by atoms with E-state index < -0.39 is 24.2 Å². The summed E-state index contributed by atoms with van der Waals surface area (Å²) in [6.07, 6.45) is 0. The molecular formula is C12H13BrFNO4. The molecule has 7 heteroatoms. The molecule has 0 unspecified atom stereocenters. The van der Waals surface area contributed by atoms with Gasteiger partial charge in [0.1, 0.15) is 12.4 Å². The summed E-state index contributed by atoms with van der Waals surface area (Å²) < 4.78 is 19.0. The van der Waals surface area contributed by atoms with E-state index in [2.05, 4.69) is 15.9 Å². The number of rotatable bonds is 6. The van der Waals surface area contributed by atoms with Crippen LogP contribution in [0.15, 0.2) is 22.7 Å². The van der Waals surface area contributed by atoms with Gasteiger partial charge in [-0.2, -0.15) is 0 Å². The Bertz CT molecular complexity index is 481. The highest BCUT2D eigenvalue weighted by Crippen LogP contribution is 2.16. The smallest absolute Gasteiger partial charge is 0.323 e. The zero-order valence-electron chi connectivity index (χ0n) is 10.2. The molecule has 0 aromatic heterocycles. The lowest BCUT2D eigenvalue weighted by Crippen LogP contribution is -2.38. The summed E-state index contributed by atoms with van der Waals surface area (Å²) in [5.74, 6) is -2.54. The minimum atomic E-state index is -1.16. The van der Waals surface area contributed by atoms with Gasteiger partial charge in [0, 0.05) is 18.1 Å². The molecule has 0 aliphatic carbocycles. The fourth-order valence-electron chi connectivity index (χ4n) is 1.45. The quantitative estimate of drug-likeness (QED) is 0.861. The minimum Gasteiger partial charge on any atom is -0.480 e. The molecule has 0 spiro atoms. The fourth-order valence-corrected chi connectivity index (χ4v) is 1.78. The summed E-state index contributed by atoms with van der Waals surface area (Å²) in [7, 11) is 1.43. The van der Waals surface area contributed by atoms with Crippen molar-refractivity contribution in [1.82, 2.24) is 4.90 Å². The monoisotopic (exact) mass is 333 g/mol. The van der Waals surface area contributed by atoms with Gasteiger partial charge in [-0.1, -0.05) is 15.9 Å². The Kier molecular flexibility index (Phi) is 5.91. The molecular weight excluding hydrogens is 321 g/mol. The summed E-state index contributed by atoms with van der Waals surface area (Å²) in [6, 6.07) is 3.98. The molecule has 0 atom stereocenters. The van der Waals surface area contributed by atoms with Crippen LogP contribution >= 0.6 is 15.9 Å². The average molecular weight is 334 g/mol. The maximum atomic E-state index is 13.7. The molecule has 1 aromatic carbocycles. The topological polar surface area (TPSA) is 66.8 Å². The third-order valence-corrected chi connectivity index (χ3v) is 2.83. The number of halogens is 2. The molecule has 0 radical (unpaired) electrons. The number of carboxylic acids is 1. The van der Waals surface area contributed by atoms with Crippen molar-refractivity contribution in [1.29, 1.82) is 0 Å². The first kappa shape index (κ1) is 15.6. The highest BCUT2D eigenvalue weighted by molar-refractivity contribution is 9.10. The van der Waals surface area contributed by atoms with Gasteiger partial charge in [0.15, 0.2) is 0 Å². The second-order valence-corrected chi connectivity index (χ2v) is 4.65. The van der Waals surface area contributed by atoms with Crippen molar-refractivity contribution in [2.45, 2.75) is 0 Å². The van der Waals surface area contributed by atoms with Crippen LogP contribution in [0.5, 0.6) is 0 Å². The van der Waals surface area contributed by atoms with E-state index >= 15 is 0 Å². The molecule has 0 saturated carbocycles. The van der Waals surface area contributed by atoms with E-state index in [-0.39, 0.29) is 18.7 Å². The Morgan fingerprint density at radius 3 is 2.68 bits per heavy atom. The summed E-state index contributed by atoms with van der Waals surface area (Å²) in [5.41, 5.74) is -0.166. The van der Waals surface area contributed by atoms with Gasteiger partial charge in [-0.3, -0.25) is 9.59 Å². The van der Waals surface area contributed by atoms with Crippen LogP contribution in [0.4, 0.5) is 4.39 Å². The molecule has 1 aromatic rings. The fraction of sp³-hybridized carbons (Fsp3) is 0.333. The number of benzene rings is 1. The second-order valence-electron chi connectivity index (χ2n) is 3.74. The number of hydrogen-bond donors (Lipinski definition) is 1. The number of carbonyl (C=O) groups is 2. The third-order valence-electron chi connectivity index (χ3n) is 2.34. The van der Waals surface area contributed by atoms with Gasteiger partial charge in [-0.25, -0.2) is 4.39 Å². The highest BCUT2D eigenvalue weighted by atomic mass is 79.9. The van der Waals surface area contributed by atoms with Crippen LogP contribution in [-0.2, 0) is 9.53 Å². The van der Waals surface area contributed by atoms with Crippen molar-refractivity contribution in [3.63, 3.8) is 0 Å². The Morgan fingerprint density at radius 2 is 2.16 bits per heavy atom. The maximum absolute atomic E-state index is 13.7. The molecule has 0 aliphatic heterocycles. The maximum Gasteiger partial charge on any atom is 0.323 e. The molecule has 0 saturated heterocycles. The summed E-state index contributed by atoms with van der Waals surface area (Å²) in [4.78, 5) is 23.8. The Hall–Kier alpha value is -1.47. The first-order valence-corrected chi connectivity index (χ1v) is 6.20. The Balaban J connectivity index is 2.93. The van der Waals surface area contributed by atoms with Crippen LogP contribution in [0.3, 0.4) is 0 Å². The van der Waals surface area contributed by atoms with E-state index in [1.807, 2.05) is 0 Å². The van der Waals surface area contributed by atoms with Gasteiger partial charge < -0.3 is 14.7 Å². The number of aliphatic carboxylic acids is 1. The van der Waals surface area contributed by atoms with Crippen LogP contribution in [0.2, 0.25) is 0 Å². The van der Waals surface area contributed by atoms with E-state index in [0.29, 0.717) is 4.47 Å². The lowest BCUT2D eigenvalue weighted by molar-refractivity contribution is -0.137. The van der Waals surface area contributed by atoms with Crippen LogP contribution < -0.4 is 0 Å². The largest absolute Gasteiger partial charge is 0.480 e. The molecule has 0 heterocycles. The SMILES string of the molecule is COCCN(CC(=O)O)C(=O)c1ccc(Br)cc1F. The number of ether oxygens (including phenoxy) is 1. The van der Waals surface area contributed by atoms with Crippen molar-refractivity contribution >= 4 is 27.8 Å². The van der Waals surface area contributed by atoms with Crippen molar-refractivity contribution in [2.24, 2.45) is 0 Å². The Morgan fingerprint density at radius 1 is 1.47 bits per heavy atom. The Labute approximate surface area is 118 Å². The molecule has 1 N–H and O–H groups in total. The molecule has 1 amide bonds. The summed E-state index contributed by atoms with van der Waals surface area (Å²) in [5, 5.41) is 8.76. The van der Waals surface area contributed by atoms with Gasteiger partial charge in [0.2, 0.25) is 0 Å². The molecule has 104 valence electrons. The first-order valence-electron chi connectivity index (χ1n) is 5.40. The molecule has 0 bridgehead atoms. The van der Waals surface area contributed by atoms with Crippen LogP contribution in [0.25, 0.3) is 0 Å². The van der Waals surface area contributed by atoms with Gasteiger partial charge in [0.25, 0.3) is 5.91 Å². The third kappa shape index (κ3) is 4.60. The summed E-state index contributed by atoms with van der Waals surface area (Å²) >= 11 is 3.09. The lowest BCUT2D eigenvalue weighted by atomic mass is 10.2. The average Bonchev–Trinajstić information content (AvgIpc) is 2.33. The first-order chi connectivity index (χ1) is 8.95. The van der Waals surface area contributed by atoms with Gasteiger partial charge in [0.05, 0.1) is 12.2 Å². The van der Waals surface area contributed by atoms with Crippen molar-refractivity contribution in [3.05, 3.63) is 34.1 Å². The van der Waals surface area contributed by atoms with Crippen LogP contribution in [0, 0.1) is 5.82 Å². The zero-order valence-corrected chi connectivity index (χ0v) is 11.8. The predicted octanol–water partition coefficient (Wildman–Crippen LogP) is 1.76. The van der Waals surface area contributed by atoms with E-state index in [9.17, 15) is 14.0 Å². The normalized spacial score (nSPS) is 10.3. The van der Waals surface area contributed by atoms with Crippen LogP contribution in [0.1, 0.15) is 10.4 Å². The molecule has 5 nitrogen and oxygen atoms in total. The van der Waals surface area contributed by atoms with Crippen molar-refractivity contribution in [2.75, 3.05) is 26.8 Å². The van der Waals surface area contributed by atoms with E-state index in [1.165, 1.54) is 19.2 Å². The van der Waals surface area contributed by atoms with E-state index in [1.54, 1.807) is 0 Å². The zero-order chi connectivity index (χ0) is 14.4. The van der Waals surface area contributed by atoms with Gasteiger partial charge in [-0.15, -0.1) is 0 Å². The van der Waals surface area contributed by atoms with Crippen molar-refractivity contribution in [3.8, 4) is 0 Å². The molecule has 1 rings (SSSR count). The summed E-state index contributed by atoms with van der Waals surface area (Å²) in [6.45, 7) is -0.244. The van der Waals surface area contributed by atoms with Gasteiger partial charge >= 0.3 is 5.97 Å². The van der Waals surface area contributed by atoms with E-state index in [0.717, 1.165) is 11.0 Å². The van der Waals surface area contributed by atoms with E-state index in [4.69, 9.17) is 9.84 Å². The number of amides is 1. The minimum absolute atomic E-state index is 0.0805. The molecule has 19 heavy (non-hydrogen) atoms. The van der Waals surface area contributed by atoms with Crippen molar-refractivity contribution < 1.29 is 23.8 Å². The standard InChI is InChI=1S/C12H13BrFNO4/c1-19-5-4-15(7-11(16)17)12(18)9-3-2-8(13)6-10(9)14/h2-3,6H,4-5,7H2,1H3,(H,16,17). The van der Waals surface area contributed by atoms with Crippen LogP contribution in [-0.4, -0.2) is 48.7 Å².